The van der Waals surface area contributed by atoms with Crippen molar-refractivity contribution in [3.8, 4) is 11.3 Å². The Bertz CT molecular complexity index is 555. The molecule has 0 unspecified atom stereocenters. The highest BCUT2D eigenvalue weighted by molar-refractivity contribution is 6.31. The maximum Gasteiger partial charge on any atom is 0.137 e. The van der Waals surface area contributed by atoms with Gasteiger partial charge in [-0.1, -0.05) is 23.7 Å². The number of benzene rings is 1. The van der Waals surface area contributed by atoms with E-state index in [1.54, 1.807) is 6.92 Å². The number of ketones is 1. The van der Waals surface area contributed by atoms with E-state index in [0.717, 1.165) is 16.9 Å². The SMILES string of the molecule is CC(=O)Cc1ccc(-c2ccc(C)c(Cl)c2)o1. The number of halogens is 1. The molecule has 0 atom stereocenters. The molecule has 88 valence electrons. The minimum atomic E-state index is 0.0906. The van der Waals surface area contributed by atoms with Crippen LogP contribution in [0.4, 0.5) is 0 Å². The van der Waals surface area contributed by atoms with Gasteiger partial charge < -0.3 is 4.42 Å². The lowest BCUT2D eigenvalue weighted by molar-refractivity contribution is -0.116. The van der Waals surface area contributed by atoms with Crippen LogP contribution in [0, 0.1) is 6.92 Å². The molecule has 0 saturated carbocycles. The topological polar surface area (TPSA) is 30.2 Å². The summed E-state index contributed by atoms with van der Waals surface area (Å²) < 4.78 is 5.60. The molecule has 0 aliphatic carbocycles. The van der Waals surface area contributed by atoms with Crippen LogP contribution in [0.1, 0.15) is 18.2 Å². The van der Waals surface area contributed by atoms with Gasteiger partial charge in [-0.3, -0.25) is 4.79 Å². The van der Waals surface area contributed by atoms with Crippen LogP contribution < -0.4 is 0 Å². The predicted molar refractivity (Wildman–Crippen MR) is 68.3 cm³/mol. The number of rotatable bonds is 3. The molecule has 0 fully saturated rings. The van der Waals surface area contributed by atoms with Crippen LogP contribution in [0.15, 0.2) is 34.7 Å². The van der Waals surface area contributed by atoms with E-state index in [2.05, 4.69) is 0 Å². The van der Waals surface area contributed by atoms with E-state index in [0.29, 0.717) is 17.2 Å². The van der Waals surface area contributed by atoms with Crippen LogP contribution in [0.3, 0.4) is 0 Å². The lowest BCUT2D eigenvalue weighted by Crippen LogP contribution is -1.93. The maximum absolute atomic E-state index is 11.0. The zero-order valence-corrected chi connectivity index (χ0v) is 10.5. The summed E-state index contributed by atoms with van der Waals surface area (Å²) in [5.74, 6) is 1.51. The van der Waals surface area contributed by atoms with Crippen molar-refractivity contribution in [1.29, 1.82) is 0 Å². The molecule has 0 spiro atoms. The first-order valence-corrected chi connectivity index (χ1v) is 5.79. The molecule has 2 rings (SSSR count). The average molecular weight is 249 g/mol. The fraction of sp³-hybridized carbons (Fsp3) is 0.214. The first kappa shape index (κ1) is 11.9. The van der Waals surface area contributed by atoms with Crippen LogP contribution in [0.2, 0.25) is 5.02 Å². The largest absolute Gasteiger partial charge is 0.461 e. The van der Waals surface area contributed by atoms with Gasteiger partial charge in [0.05, 0.1) is 6.42 Å². The van der Waals surface area contributed by atoms with Crippen molar-refractivity contribution in [2.24, 2.45) is 0 Å². The molecule has 1 aromatic carbocycles. The van der Waals surface area contributed by atoms with Gasteiger partial charge in [0.1, 0.15) is 17.3 Å². The lowest BCUT2D eigenvalue weighted by atomic mass is 10.1. The summed E-state index contributed by atoms with van der Waals surface area (Å²) in [5.41, 5.74) is 1.96. The van der Waals surface area contributed by atoms with Crippen molar-refractivity contribution >= 4 is 17.4 Å². The summed E-state index contributed by atoms with van der Waals surface area (Å²) in [5, 5.41) is 0.715. The molecule has 17 heavy (non-hydrogen) atoms. The highest BCUT2D eigenvalue weighted by atomic mass is 35.5. The Hall–Kier alpha value is -1.54. The average Bonchev–Trinajstić information content (AvgIpc) is 2.69. The Labute approximate surface area is 105 Å². The summed E-state index contributed by atoms with van der Waals surface area (Å²) in [6.07, 6.45) is 0.333. The number of furan rings is 1. The third-order valence-corrected chi connectivity index (χ3v) is 2.95. The fourth-order valence-electron chi connectivity index (χ4n) is 1.62. The van der Waals surface area contributed by atoms with Gasteiger partial charge in [0.25, 0.3) is 0 Å². The van der Waals surface area contributed by atoms with E-state index in [4.69, 9.17) is 16.0 Å². The number of hydrogen-bond acceptors (Lipinski definition) is 2. The highest BCUT2D eigenvalue weighted by Crippen LogP contribution is 2.27. The summed E-state index contributed by atoms with van der Waals surface area (Å²) >= 11 is 6.06. The third kappa shape index (κ3) is 2.77. The zero-order valence-electron chi connectivity index (χ0n) is 9.79. The monoisotopic (exact) mass is 248 g/mol. The summed E-state index contributed by atoms with van der Waals surface area (Å²) in [7, 11) is 0. The molecule has 0 amide bonds. The summed E-state index contributed by atoms with van der Waals surface area (Å²) in [6, 6.07) is 9.46. The smallest absolute Gasteiger partial charge is 0.137 e. The second-order valence-electron chi connectivity index (χ2n) is 4.11. The van der Waals surface area contributed by atoms with Gasteiger partial charge in [0.15, 0.2) is 0 Å². The fourth-order valence-corrected chi connectivity index (χ4v) is 1.80. The molecular weight excluding hydrogens is 236 g/mol. The Morgan fingerprint density at radius 2 is 2.06 bits per heavy atom. The number of carbonyl (C=O) groups excluding carboxylic acids is 1. The number of carbonyl (C=O) groups is 1. The van der Waals surface area contributed by atoms with Gasteiger partial charge >= 0.3 is 0 Å². The number of hydrogen-bond donors (Lipinski definition) is 0. The molecule has 0 N–H and O–H groups in total. The molecule has 0 aliphatic heterocycles. The summed E-state index contributed by atoms with van der Waals surface area (Å²) in [6.45, 7) is 3.50. The van der Waals surface area contributed by atoms with Gasteiger partial charge in [-0.15, -0.1) is 0 Å². The van der Waals surface area contributed by atoms with Gasteiger partial charge in [-0.05, 0) is 37.6 Å². The van der Waals surface area contributed by atoms with Crippen LogP contribution in [0.5, 0.6) is 0 Å². The van der Waals surface area contributed by atoms with Gasteiger partial charge in [-0.25, -0.2) is 0 Å². The summed E-state index contributed by atoms with van der Waals surface area (Å²) in [4.78, 5) is 11.0. The molecule has 1 aromatic heterocycles. The van der Waals surface area contributed by atoms with Crippen molar-refractivity contribution in [2.75, 3.05) is 0 Å². The quantitative estimate of drug-likeness (QED) is 0.821. The Morgan fingerprint density at radius 3 is 2.71 bits per heavy atom. The van der Waals surface area contributed by atoms with Crippen LogP contribution >= 0.6 is 11.6 Å². The lowest BCUT2D eigenvalue weighted by Gasteiger charge is -2.01. The second-order valence-corrected chi connectivity index (χ2v) is 4.52. The van der Waals surface area contributed by atoms with Crippen molar-refractivity contribution in [2.45, 2.75) is 20.3 Å². The number of aryl methyl sites for hydroxylation is 1. The molecule has 2 aromatic rings. The molecule has 0 radical (unpaired) electrons. The molecule has 3 heteroatoms. The molecular formula is C14H13ClO2. The van der Waals surface area contributed by atoms with Gasteiger partial charge in [0.2, 0.25) is 0 Å². The van der Waals surface area contributed by atoms with Crippen molar-refractivity contribution in [1.82, 2.24) is 0 Å². The van der Waals surface area contributed by atoms with Crippen molar-refractivity contribution < 1.29 is 9.21 Å². The van der Waals surface area contributed by atoms with E-state index in [1.165, 1.54) is 0 Å². The predicted octanol–water partition coefficient (Wildman–Crippen LogP) is 4.04. The van der Waals surface area contributed by atoms with Crippen LogP contribution in [0.25, 0.3) is 11.3 Å². The van der Waals surface area contributed by atoms with Crippen LogP contribution in [-0.4, -0.2) is 5.78 Å². The van der Waals surface area contributed by atoms with E-state index < -0.39 is 0 Å². The van der Waals surface area contributed by atoms with Crippen molar-refractivity contribution in [3.63, 3.8) is 0 Å². The first-order valence-electron chi connectivity index (χ1n) is 5.41. The Balaban J connectivity index is 2.30. The Morgan fingerprint density at radius 1 is 1.29 bits per heavy atom. The van der Waals surface area contributed by atoms with E-state index in [1.807, 2.05) is 37.3 Å². The number of Topliss-reactive ketones (excluding diaryl/α,β-unsaturated/α-hetero) is 1. The van der Waals surface area contributed by atoms with E-state index >= 15 is 0 Å². The zero-order chi connectivity index (χ0) is 12.4. The van der Waals surface area contributed by atoms with Gasteiger partial charge in [0, 0.05) is 10.6 Å². The third-order valence-electron chi connectivity index (χ3n) is 2.54. The normalized spacial score (nSPS) is 10.5. The van der Waals surface area contributed by atoms with Gasteiger partial charge in [-0.2, -0.15) is 0 Å². The molecule has 0 bridgehead atoms. The van der Waals surface area contributed by atoms with E-state index in [9.17, 15) is 4.79 Å². The molecule has 0 aliphatic rings. The highest BCUT2D eigenvalue weighted by Gasteiger charge is 2.07. The standard InChI is InChI=1S/C14H13ClO2/c1-9-3-4-11(8-13(9)15)14-6-5-12(17-14)7-10(2)16/h3-6,8H,7H2,1-2H3. The minimum absolute atomic E-state index is 0.0906. The molecule has 1 heterocycles. The second kappa shape index (κ2) is 4.76. The molecule has 0 saturated heterocycles. The van der Waals surface area contributed by atoms with E-state index in [-0.39, 0.29) is 5.78 Å². The first-order chi connectivity index (χ1) is 8.06. The Kier molecular flexibility index (Phi) is 3.34. The van der Waals surface area contributed by atoms with Crippen molar-refractivity contribution in [3.05, 3.63) is 46.7 Å². The molecule has 2 nitrogen and oxygen atoms in total. The maximum atomic E-state index is 11.0. The minimum Gasteiger partial charge on any atom is -0.461 e. The van der Waals surface area contributed by atoms with Crippen LogP contribution in [-0.2, 0) is 11.2 Å².